The van der Waals surface area contributed by atoms with Crippen LogP contribution in [0.25, 0.3) is 0 Å². The monoisotopic (exact) mass is 430 g/mol. The van der Waals surface area contributed by atoms with Crippen LogP contribution in [0.2, 0.25) is 15.1 Å². The molecule has 2 rings (SSSR count). The van der Waals surface area contributed by atoms with E-state index in [-0.39, 0.29) is 5.38 Å². The third-order valence-electron chi connectivity index (χ3n) is 2.47. The molecule has 0 aliphatic rings. The Morgan fingerprint density at radius 2 is 1.61 bits per heavy atom. The summed E-state index contributed by atoms with van der Waals surface area (Å²) >= 11 is 26.6. The molecule has 0 saturated heterocycles. The van der Waals surface area contributed by atoms with Crippen LogP contribution in [-0.2, 0) is 0 Å². The van der Waals surface area contributed by atoms with Gasteiger partial charge in [-0.05, 0) is 64.0 Å². The van der Waals surface area contributed by atoms with Crippen molar-refractivity contribution >= 4 is 69.0 Å². The third kappa shape index (κ3) is 3.26. The second-order valence-electron chi connectivity index (χ2n) is 3.70. The Kier molecular flexibility index (Phi) is 5.06. The minimum atomic E-state index is -0.301. The van der Waals surface area contributed by atoms with Crippen molar-refractivity contribution in [2.24, 2.45) is 0 Å². The number of hydrogen-bond acceptors (Lipinski definition) is 0. The van der Waals surface area contributed by atoms with Crippen LogP contribution in [0.15, 0.2) is 36.4 Å². The highest BCUT2D eigenvalue weighted by Gasteiger charge is 2.15. The molecule has 0 N–H and O–H groups in total. The van der Waals surface area contributed by atoms with Crippen LogP contribution in [0, 0.1) is 3.57 Å². The SMILES string of the molecule is Clc1ccc(I)c(C(Cl)c2ccc(Cl)c(Cl)c2)c1. The quantitative estimate of drug-likeness (QED) is 0.372. The molecule has 5 heteroatoms. The minimum absolute atomic E-state index is 0.301. The maximum Gasteiger partial charge on any atom is 0.0846 e. The van der Waals surface area contributed by atoms with E-state index < -0.39 is 0 Å². The first kappa shape index (κ1) is 14.7. The molecule has 0 heterocycles. The van der Waals surface area contributed by atoms with Gasteiger partial charge in [-0.1, -0.05) is 40.9 Å². The zero-order chi connectivity index (χ0) is 13.3. The zero-order valence-electron chi connectivity index (χ0n) is 8.93. The Bertz CT molecular complexity index is 583. The standard InChI is InChI=1S/C13H7Cl4I/c14-8-2-4-12(18)9(6-8)13(17)7-1-3-10(15)11(16)5-7/h1-6,13H. The molecule has 0 aliphatic carbocycles. The van der Waals surface area contributed by atoms with Crippen LogP contribution < -0.4 is 0 Å². The van der Waals surface area contributed by atoms with E-state index >= 15 is 0 Å². The molecule has 0 bridgehead atoms. The Hall–Kier alpha value is 0.330. The van der Waals surface area contributed by atoms with E-state index in [0.29, 0.717) is 15.1 Å². The van der Waals surface area contributed by atoms with Gasteiger partial charge in [0, 0.05) is 8.59 Å². The van der Waals surface area contributed by atoms with Crippen LogP contribution in [0.4, 0.5) is 0 Å². The normalized spacial score (nSPS) is 12.5. The summed E-state index contributed by atoms with van der Waals surface area (Å²) in [6.45, 7) is 0. The Morgan fingerprint density at radius 3 is 2.28 bits per heavy atom. The summed E-state index contributed by atoms with van der Waals surface area (Å²) in [7, 11) is 0. The first-order chi connectivity index (χ1) is 8.49. The summed E-state index contributed by atoms with van der Waals surface area (Å²) in [5.41, 5.74) is 1.86. The first-order valence-electron chi connectivity index (χ1n) is 5.03. The third-order valence-corrected chi connectivity index (χ3v) is 4.91. The smallest absolute Gasteiger partial charge is 0.0846 e. The number of benzene rings is 2. The molecule has 1 unspecified atom stereocenters. The fourth-order valence-corrected chi connectivity index (χ4v) is 3.19. The molecular formula is C13H7Cl4I. The van der Waals surface area contributed by atoms with Crippen molar-refractivity contribution in [2.75, 3.05) is 0 Å². The Labute approximate surface area is 139 Å². The van der Waals surface area contributed by atoms with Gasteiger partial charge in [0.15, 0.2) is 0 Å². The summed E-state index contributed by atoms with van der Waals surface area (Å²) in [4.78, 5) is 0. The fraction of sp³-hybridized carbons (Fsp3) is 0.0769. The number of hydrogen-bond donors (Lipinski definition) is 0. The Morgan fingerprint density at radius 1 is 0.889 bits per heavy atom. The van der Waals surface area contributed by atoms with E-state index in [4.69, 9.17) is 46.4 Å². The summed E-state index contributed by atoms with van der Waals surface area (Å²) in [6.07, 6.45) is 0. The lowest BCUT2D eigenvalue weighted by molar-refractivity contribution is 1.13. The van der Waals surface area contributed by atoms with Crippen molar-refractivity contribution < 1.29 is 0 Å². The van der Waals surface area contributed by atoms with Gasteiger partial charge >= 0.3 is 0 Å². The molecule has 2 aromatic carbocycles. The first-order valence-corrected chi connectivity index (χ1v) is 7.68. The number of halogens is 5. The van der Waals surface area contributed by atoms with Crippen LogP contribution >= 0.6 is 69.0 Å². The van der Waals surface area contributed by atoms with Crippen molar-refractivity contribution in [1.82, 2.24) is 0 Å². The molecular weight excluding hydrogens is 425 g/mol. The van der Waals surface area contributed by atoms with Crippen LogP contribution in [0.1, 0.15) is 16.5 Å². The molecule has 0 radical (unpaired) electrons. The van der Waals surface area contributed by atoms with E-state index in [1.54, 1.807) is 12.1 Å². The van der Waals surface area contributed by atoms with E-state index in [0.717, 1.165) is 14.7 Å². The second kappa shape index (κ2) is 6.19. The van der Waals surface area contributed by atoms with Gasteiger partial charge in [0.05, 0.1) is 15.4 Å². The topological polar surface area (TPSA) is 0 Å². The predicted octanol–water partition coefficient (Wildman–Crippen LogP) is 6.58. The van der Waals surface area contributed by atoms with Crippen LogP contribution in [0.5, 0.6) is 0 Å². The predicted molar refractivity (Wildman–Crippen MR) is 88.3 cm³/mol. The molecule has 0 nitrogen and oxygen atoms in total. The Balaban J connectivity index is 2.44. The van der Waals surface area contributed by atoms with E-state index in [1.807, 2.05) is 24.3 Å². The van der Waals surface area contributed by atoms with E-state index in [1.165, 1.54) is 0 Å². The zero-order valence-corrected chi connectivity index (χ0v) is 14.1. The summed E-state index contributed by atoms with van der Waals surface area (Å²) in [5.74, 6) is 0. The highest BCUT2D eigenvalue weighted by molar-refractivity contribution is 14.1. The summed E-state index contributed by atoms with van der Waals surface area (Å²) < 4.78 is 1.06. The van der Waals surface area contributed by atoms with Gasteiger partial charge in [-0.2, -0.15) is 0 Å². The van der Waals surface area contributed by atoms with Gasteiger partial charge in [0.1, 0.15) is 0 Å². The van der Waals surface area contributed by atoms with Crippen molar-refractivity contribution in [3.05, 3.63) is 66.2 Å². The second-order valence-corrected chi connectivity index (χ2v) is 6.55. The van der Waals surface area contributed by atoms with Gasteiger partial charge in [0.2, 0.25) is 0 Å². The highest BCUT2D eigenvalue weighted by Crippen LogP contribution is 2.35. The van der Waals surface area contributed by atoms with Gasteiger partial charge in [-0.25, -0.2) is 0 Å². The van der Waals surface area contributed by atoms with Crippen molar-refractivity contribution in [3.63, 3.8) is 0 Å². The van der Waals surface area contributed by atoms with Gasteiger partial charge in [-0.15, -0.1) is 11.6 Å². The lowest BCUT2D eigenvalue weighted by atomic mass is 10.0. The average molecular weight is 432 g/mol. The molecule has 0 amide bonds. The molecule has 2 aromatic rings. The fourth-order valence-electron chi connectivity index (χ4n) is 1.56. The lowest BCUT2D eigenvalue weighted by Gasteiger charge is -2.13. The number of alkyl halides is 1. The minimum Gasteiger partial charge on any atom is -0.113 e. The van der Waals surface area contributed by atoms with Gasteiger partial charge in [0.25, 0.3) is 0 Å². The van der Waals surface area contributed by atoms with Crippen molar-refractivity contribution in [1.29, 1.82) is 0 Å². The molecule has 0 saturated carbocycles. The van der Waals surface area contributed by atoms with Gasteiger partial charge in [-0.3, -0.25) is 0 Å². The van der Waals surface area contributed by atoms with E-state index in [9.17, 15) is 0 Å². The summed E-state index contributed by atoms with van der Waals surface area (Å²) in [5, 5.41) is 1.38. The maximum atomic E-state index is 6.47. The molecule has 0 fully saturated rings. The molecule has 0 spiro atoms. The lowest BCUT2D eigenvalue weighted by Crippen LogP contribution is -1.96. The van der Waals surface area contributed by atoms with Crippen molar-refractivity contribution in [2.45, 2.75) is 5.38 Å². The highest BCUT2D eigenvalue weighted by atomic mass is 127. The molecule has 94 valence electrons. The van der Waals surface area contributed by atoms with Crippen LogP contribution in [-0.4, -0.2) is 0 Å². The molecule has 0 aromatic heterocycles. The van der Waals surface area contributed by atoms with Crippen LogP contribution in [0.3, 0.4) is 0 Å². The molecule has 1 atom stereocenters. The molecule has 0 aliphatic heterocycles. The van der Waals surface area contributed by atoms with Gasteiger partial charge < -0.3 is 0 Å². The summed E-state index contributed by atoms with van der Waals surface area (Å²) in [6, 6.07) is 11.0. The molecule has 18 heavy (non-hydrogen) atoms. The number of rotatable bonds is 2. The van der Waals surface area contributed by atoms with Crippen molar-refractivity contribution in [3.8, 4) is 0 Å². The maximum absolute atomic E-state index is 6.47. The average Bonchev–Trinajstić information content (AvgIpc) is 2.35. The van der Waals surface area contributed by atoms with E-state index in [2.05, 4.69) is 22.6 Å². The largest absolute Gasteiger partial charge is 0.113 e.